The number of Topliss-reactive ketones (excluding diaryl/α,β-unsaturated/α-hetero) is 1. The molecule has 0 unspecified atom stereocenters. The van der Waals surface area contributed by atoms with E-state index in [9.17, 15) is 4.79 Å². The molecule has 0 saturated carbocycles. The summed E-state index contributed by atoms with van der Waals surface area (Å²) in [5, 5.41) is 7.49. The molecule has 2 aliphatic heterocycles. The number of ether oxygens (including phenoxy) is 2. The summed E-state index contributed by atoms with van der Waals surface area (Å²) in [6.45, 7) is 4.26. The van der Waals surface area contributed by atoms with E-state index in [0.717, 1.165) is 45.0 Å². The van der Waals surface area contributed by atoms with Gasteiger partial charge in [0.1, 0.15) is 11.9 Å². The largest absolute Gasteiger partial charge is 0.381 e. The number of anilines is 1. The molecule has 0 aromatic carbocycles. The summed E-state index contributed by atoms with van der Waals surface area (Å²) in [6, 6.07) is 5.45. The van der Waals surface area contributed by atoms with Crippen molar-refractivity contribution in [2.24, 2.45) is 5.92 Å². The Morgan fingerprint density at radius 2 is 2.03 bits per heavy atom. The number of rotatable bonds is 7. The smallest absolute Gasteiger partial charge is 0.168 e. The van der Waals surface area contributed by atoms with Crippen molar-refractivity contribution in [3.8, 4) is 11.3 Å². The third-order valence-corrected chi connectivity index (χ3v) is 6.17. The summed E-state index contributed by atoms with van der Waals surface area (Å²) in [7, 11) is 0. The molecule has 0 aliphatic carbocycles. The van der Waals surface area contributed by atoms with Gasteiger partial charge in [0.15, 0.2) is 5.78 Å². The second-order valence-corrected chi connectivity index (χ2v) is 8.64. The first-order chi connectivity index (χ1) is 15.1. The molecule has 1 atom stereocenters. The third kappa shape index (κ3) is 5.93. The van der Waals surface area contributed by atoms with E-state index in [1.54, 1.807) is 18.3 Å². The summed E-state index contributed by atoms with van der Waals surface area (Å²) in [6.07, 6.45) is 3.34. The molecule has 2 N–H and O–H groups in total. The van der Waals surface area contributed by atoms with Crippen molar-refractivity contribution in [3.05, 3.63) is 40.1 Å². The van der Waals surface area contributed by atoms with Crippen LogP contribution < -0.4 is 10.6 Å². The number of hydrogen-bond acceptors (Lipinski definition) is 7. The molecule has 2 aromatic rings. The Kier molecular flexibility index (Phi) is 7.74. The second kappa shape index (κ2) is 10.7. The normalized spacial score (nSPS) is 19.9. The van der Waals surface area contributed by atoms with Gasteiger partial charge in [-0.1, -0.05) is 23.2 Å². The Morgan fingerprint density at radius 3 is 2.81 bits per heavy atom. The van der Waals surface area contributed by atoms with E-state index in [4.69, 9.17) is 37.7 Å². The van der Waals surface area contributed by atoms with Crippen molar-refractivity contribution in [2.75, 3.05) is 44.8 Å². The van der Waals surface area contributed by atoms with Crippen LogP contribution in [0, 0.1) is 5.92 Å². The van der Waals surface area contributed by atoms with Crippen LogP contribution in [0.25, 0.3) is 11.3 Å². The van der Waals surface area contributed by atoms with E-state index in [-0.39, 0.29) is 12.2 Å². The number of nitrogens with one attached hydrogen (secondary N) is 2. The molecule has 2 aliphatic rings. The van der Waals surface area contributed by atoms with Crippen molar-refractivity contribution in [3.63, 3.8) is 0 Å². The van der Waals surface area contributed by atoms with Gasteiger partial charge in [0.2, 0.25) is 0 Å². The van der Waals surface area contributed by atoms with Crippen molar-refractivity contribution in [1.82, 2.24) is 15.3 Å². The maximum Gasteiger partial charge on any atom is 0.168 e. The molecule has 0 amide bonds. The molecule has 2 aromatic heterocycles. The molecule has 7 nitrogen and oxygen atoms in total. The average Bonchev–Trinajstić information content (AvgIpc) is 2.81. The predicted molar refractivity (Wildman–Crippen MR) is 121 cm³/mol. The van der Waals surface area contributed by atoms with Gasteiger partial charge in [0, 0.05) is 50.3 Å². The Labute approximate surface area is 191 Å². The fourth-order valence-corrected chi connectivity index (χ4v) is 4.15. The predicted octanol–water partition coefficient (Wildman–Crippen LogP) is 3.39. The van der Waals surface area contributed by atoms with Crippen molar-refractivity contribution < 1.29 is 14.3 Å². The minimum atomic E-state index is -0.450. The van der Waals surface area contributed by atoms with Crippen LogP contribution in [0.15, 0.2) is 24.4 Å². The van der Waals surface area contributed by atoms with E-state index in [2.05, 4.69) is 15.6 Å². The van der Waals surface area contributed by atoms with Gasteiger partial charge in [-0.15, -0.1) is 0 Å². The summed E-state index contributed by atoms with van der Waals surface area (Å²) in [5.74, 6) is 1.28. The molecule has 2 fully saturated rings. The maximum atomic E-state index is 12.6. The van der Waals surface area contributed by atoms with Crippen LogP contribution in [0.5, 0.6) is 0 Å². The van der Waals surface area contributed by atoms with Crippen molar-refractivity contribution in [2.45, 2.75) is 25.4 Å². The highest BCUT2D eigenvalue weighted by Crippen LogP contribution is 2.33. The highest BCUT2D eigenvalue weighted by atomic mass is 35.5. The van der Waals surface area contributed by atoms with Crippen LogP contribution in [-0.2, 0) is 20.7 Å². The Balaban J connectivity index is 1.49. The SMILES string of the molecule is O=C(Cc1cc(-c2nc(NCC3CCOCC3)ccc2Cl)c(Cl)cn1)[C@H]1CNCCO1. The molecular weight excluding hydrogens is 439 g/mol. The minimum absolute atomic E-state index is 0.0149. The van der Waals surface area contributed by atoms with E-state index < -0.39 is 6.10 Å². The lowest BCUT2D eigenvalue weighted by Crippen LogP contribution is -2.43. The number of nitrogens with zero attached hydrogens (tertiary/aromatic N) is 2. The van der Waals surface area contributed by atoms with Crippen LogP contribution in [0.3, 0.4) is 0 Å². The van der Waals surface area contributed by atoms with Crippen LogP contribution in [0.2, 0.25) is 10.0 Å². The topological polar surface area (TPSA) is 85.4 Å². The molecule has 2 saturated heterocycles. The van der Waals surface area contributed by atoms with E-state index in [0.29, 0.717) is 46.1 Å². The number of hydrogen-bond donors (Lipinski definition) is 2. The van der Waals surface area contributed by atoms with Crippen LogP contribution in [0.1, 0.15) is 18.5 Å². The lowest BCUT2D eigenvalue weighted by molar-refractivity contribution is -0.131. The zero-order chi connectivity index (χ0) is 21.6. The maximum absolute atomic E-state index is 12.6. The second-order valence-electron chi connectivity index (χ2n) is 7.83. The zero-order valence-electron chi connectivity index (χ0n) is 17.2. The lowest BCUT2D eigenvalue weighted by Gasteiger charge is -2.22. The molecular formula is C22H26Cl2N4O3. The molecule has 31 heavy (non-hydrogen) atoms. The molecule has 4 rings (SSSR count). The lowest BCUT2D eigenvalue weighted by atomic mass is 10.0. The number of morpholine rings is 1. The third-order valence-electron chi connectivity index (χ3n) is 5.57. The zero-order valence-corrected chi connectivity index (χ0v) is 18.7. The first-order valence-electron chi connectivity index (χ1n) is 10.6. The Morgan fingerprint density at radius 1 is 1.19 bits per heavy atom. The van der Waals surface area contributed by atoms with Gasteiger partial charge in [-0.2, -0.15) is 0 Å². The Bertz CT molecular complexity index is 916. The van der Waals surface area contributed by atoms with Gasteiger partial charge in [-0.05, 0) is 37.0 Å². The highest BCUT2D eigenvalue weighted by molar-refractivity contribution is 6.36. The number of halogens is 2. The fourth-order valence-electron chi connectivity index (χ4n) is 3.75. The molecule has 166 valence electrons. The van der Waals surface area contributed by atoms with Crippen LogP contribution >= 0.6 is 23.2 Å². The van der Waals surface area contributed by atoms with Gasteiger partial charge in [-0.25, -0.2) is 4.98 Å². The number of pyridine rings is 2. The monoisotopic (exact) mass is 464 g/mol. The Hall–Kier alpha value is -1.77. The number of carbonyl (C=O) groups is 1. The number of carbonyl (C=O) groups excluding carboxylic acids is 1. The molecule has 0 bridgehead atoms. The number of aromatic nitrogens is 2. The van der Waals surface area contributed by atoms with E-state index >= 15 is 0 Å². The average molecular weight is 465 g/mol. The first kappa shape index (κ1) is 22.4. The molecule has 0 radical (unpaired) electrons. The quantitative estimate of drug-likeness (QED) is 0.649. The van der Waals surface area contributed by atoms with E-state index in [1.807, 2.05) is 6.07 Å². The summed E-state index contributed by atoms with van der Waals surface area (Å²) in [4.78, 5) is 21.6. The van der Waals surface area contributed by atoms with Gasteiger partial charge in [-0.3, -0.25) is 9.78 Å². The van der Waals surface area contributed by atoms with Crippen molar-refractivity contribution in [1.29, 1.82) is 0 Å². The molecule has 9 heteroatoms. The molecule has 4 heterocycles. The summed E-state index contributed by atoms with van der Waals surface area (Å²) >= 11 is 12.9. The minimum Gasteiger partial charge on any atom is -0.381 e. The summed E-state index contributed by atoms with van der Waals surface area (Å²) in [5.41, 5.74) is 1.83. The van der Waals surface area contributed by atoms with Crippen molar-refractivity contribution >= 4 is 34.8 Å². The standard InChI is InChI=1S/C22H26Cl2N4O3/c23-17-1-2-21(27-11-14-3-6-30-7-4-14)28-22(17)16-9-15(26-12-18(16)24)10-19(29)20-13-25-5-8-31-20/h1-2,9,12,14,20,25H,3-8,10-11,13H2,(H,27,28)/t20-/m1/s1. The number of ketones is 1. The summed E-state index contributed by atoms with van der Waals surface area (Å²) < 4.78 is 11.0. The first-order valence-corrected chi connectivity index (χ1v) is 11.3. The fraction of sp³-hybridized carbons (Fsp3) is 0.500. The van der Waals surface area contributed by atoms with Crippen LogP contribution in [-0.4, -0.2) is 61.3 Å². The van der Waals surface area contributed by atoms with Gasteiger partial charge in [0.05, 0.1) is 28.8 Å². The highest BCUT2D eigenvalue weighted by Gasteiger charge is 2.23. The van der Waals surface area contributed by atoms with Gasteiger partial charge in [0.25, 0.3) is 0 Å². The van der Waals surface area contributed by atoms with Crippen LogP contribution in [0.4, 0.5) is 5.82 Å². The molecule has 0 spiro atoms. The van der Waals surface area contributed by atoms with E-state index in [1.165, 1.54) is 0 Å². The van der Waals surface area contributed by atoms with Gasteiger partial charge < -0.3 is 20.1 Å². The van der Waals surface area contributed by atoms with Gasteiger partial charge >= 0.3 is 0 Å².